The van der Waals surface area contributed by atoms with Crippen LogP contribution in [0.3, 0.4) is 0 Å². The molecule has 8 heteroatoms. The molecule has 1 atom stereocenters. The van der Waals surface area contributed by atoms with Crippen molar-refractivity contribution in [1.82, 2.24) is 0 Å². The van der Waals surface area contributed by atoms with Crippen LogP contribution in [0.4, 0.5) is 15.8 Å². The molecule has 0 unspecified atom stereocenters. The summed E-state index contributed by atoms with van der Waals surface area (Å²) in [6, 6.07) is 8.12. The number of nitrogens with one attached hydrogen (secondary N) is 1. The Labute approximate surface area is 164 Å². The predicted octanol–water partition coefficient (Wildman–Crippen LogP) is 4.28. The number of hydrogen-bond acceptors (Lipinski definition) is 3. The molecule has 0 aliphatic carbocycles. The average Bonchev–Trinajstić information content (AvgIpc) is 2.53. The van der Waals surface area contributed by atoms with E-state index in [4.69, 9.17) is 11.6 Å². The van der Waals surface area contributed by atoms with Gasteiger partial charge in [0.15, 0.2) is 0 Å². The Kier molecular flexibility index (Phi) is 6.49. The Morgan fingerprint density at radius 1 is 1.19 bits per heavy atom. The Morgan fingerprint density at radius 2 is 1.78 bits per heavy atom. The fraction of sp³-hybridized carbons (Fsp3) is 0.316. The normalized spacial score (nSPS) is 12.5. The van der Waals surface area contributed by atoms with Crippen molar-refractivity contribution in [3.8, 4) is 0 Å². The number of carbonyl (C=O) groups excluding carboxylic acids is 1. The largest absolute Gasteiger partial charge is 0.324 e. The third-order valence-corrected chi connectivity index (χ3v) is 5.45. The van der Waals surface area contributed by atoms with Crippen molar-refractivity contribution in [2.45, 2.75) is 33.2 Å². The summed E-state index contributed by atoms with van der Waals surface area (Å²) in [6.45, 7) is 5.52. The summed E-state index contributed by atoms with van der Waals surface area (Å²) in [6.07, 6.45) is 1.22. The number of benzene rings is 2. The minimum absolute atomic E-state index is 0.131. The second-order valence-corrected chi connectivity index (χ2v) is 8.71. The molecule has 0 radical (unpaired) electrons. The van der Waals surface area contributed by atoms with E-state index in [-0.39, 0.29) is 17.1 Å². The second-order valence-electron chi connectivity index (χ2n) is 6.45. The number of nitrogens with zero attached hydrogens (tertiary/aromatic N) is 1. The Bertz CT molecular complexity index is 943. The van der Waals surface area contributed by atoms with Crippen molar-refractivity contribution in [3.05, 3.63) is 58.4 Å². The van der Waals surface area contributed by atoms with Crippen molar-refractivity contribution in [1.29, 1.82) is 0 Å². The number of carbonyl (C=O) groups is 1. The van der Waals surface area contributed by atoms with E-state index < -0.39 is 27.8 Å². The molecule has 0 aromatic heterocycles. The van der Waals surface area contributed by atoms with Gasteiger partial charge in [-0.15, -0.1) is 0 Å². The Hall–Kier alpha value is -2.12. The van der Waals surface area contributed by atoms with E-state index in [1.807, 2.05) is 19.9 Å². The van der Waals surface area contributed by atoms with Gasteiger partial charge in [0.1, 0.15) is 11.9 Å². The summed E-state index contributed by atoms with van der Waals surface area (Å²) in [5.74, 6) is -1.14. The van der Waals surface area contributed by atoms with E-state index in [1.54, 1.807) is 19.1 Å². The van der Waals surface area contributed by atoms with Crippen molar-refractivity contribution in [2.24, 2.45) is 0 Å². The quantitative estimate of drug-likeness (QED) is 0.770. The van der Waals surface area contributed by atoms with Gasteiger partial charge in [0, 0.05) is 5.69 Å². The first-order valence-electron chi connectivity index (χ1n) is 8.36. The molecule has 146 valence electrons. The lowest BCUT2D eigenvalue weighted by Gasteiger charge is -2.30. The van der Waals surface area contributed by atoms with Crippen LogP contribution in [0, 0.1) is 19.7 Å². The van der Waals surface area contributed by atoms with Crippen molar-refractivity contribution in [2.75, 3.05) is 15.9 Å². The van der Waals surface area contributed by atoms with Gasteiger partial charge in [-0.1, -0.05) is 24.6 Å². The molecule has 0 saturated carbocycles. The van der Waals surface area contributed by atoms with E-state index in [0.29, 0.717) is 5.69 Å². The highest BCUT2D eigenvalue weighted by atomic mass is 35.5. The summed E-state index contributed by atoms with van der Waals surface area (Å²) in [5.41, 5.74) is 2.67. The van der Waals surface area contributed by atoms with E-state index in [0.717, 1.165) is 27.8 Å². The van der Waals surface area contributed by atoms with Gasteiger partial charge in [-0.3, -0.25) is 9.10 Å². The molecule has 2 aromatic carbocycles. The smallest absolute Gasteiger partial charge is 0.248 e. The first kappa shape index (κ1) is 21.2. The molecule has 27 heavy (non-hydrogen) atoms. The van der Waals surface area contributed by atoms with Crippen LogP contribution >= 0.6 is 11.6 Å². The Morgan fingerprint density at radius 3 is 2.26 bits per heavy atom. The maximum atomic E-state index is 13.5. The molecule has 0 aliphatic rings. The summed E-state index contributed by atoms with van der Waals surface area (Å²) in [4.78, 5) is 12.9. The maximum Gasteiger partial charge on any atom is 0.248 e. The average molecular weight is 413 g/mol. The third-order valence-electron chi connectivity index (χ3n) is 3.98. The van der Waals surface area contributed by atoms with Crippen LogP contribution in [-0.4, -0.2) is 26.6 Å². The van der Waals surface area contributed by atoms with Crippen molar-refractivity contribution >= 4 is 38.9 Å². The number of amides is 1. The molecule has 2 rings (SSSR count). The van der Waals surface area contributed by atoms with Crippen LogP contribution in [0.25, 0.3) is 0 Å². The second kappa shape index (κ2) is 8.27. The highest BCUT2D eigenvalue weighted by molar-refractivity contribution is 7.92. The number of aryl methyl sites for hydroxylation is 2. The van der Waals surface area contributed by atoms with Gasteiger partial charge in [0.2, 0.25) is 15.9 Å². The van der Waals surface area contributed by atoms with Crippen LogP contribution in [0.15, 0.2) is 36.4 Å². The van der Waals surface area contributed by atoms with Gasteiger partial charge >= 0.3 is 0 Å². The molecule has 0 aliphatic heterocycles. The summed E-state index contributed by atoms with van der Waals surface area (Å²) in [5, 5.41) is 2.55. The lowest BCUT2D eigenvalue weighted by Crippen LogP contribution is -2.47. The van der Waals surface area contributed by atoms with E-state index in [9.17, 15) is 17.6 Å². The van der Waals surface area contributed by atoms with Gasteiger partial charge in [-0.25, -0.2) is 12.8 Å². The number of anilines is 2. The predicted molar refractivity (Wildman–Crippen MR) is 107 cm³/mol. The van der Waals surface area contributed by atoms with E-state index in [1.165, 1.54) is 12.1 Å². The first-order chi connectivity index (χ1) is 12.5. The monoisotopic (exact) mass is 412 g/mol. The number of rotatable bonds is 6. The molecule has 0 saturated heterocycles. The highest BCUT2D eigenvalue weighted by Gasteiger charge is 2.32. The fourth-order valence-electron chi connectivity index (χ4n) is 2.95. The lowest BCUT2D eigenvalue weighted by molar-refractivity contribution is -0.117. The molecular formula is C19H22ClFN2O3S. The van der Waals surface area contributed by atoms with Crippen molar-refractivity contribution < 1.29 is 17.6 Å². The topological polar surface area (TPSA) is 66.5 Å². The van der Waals surface area contributed by atoms with Crippen LogP contribution in [0.1, 0.15) is 24.5 Å². The highest BCUT2D eigenvalue weighted by Crippen LogP contribution is 2.28. The molecule has 1 N–H and O–H groups in total. The van der Waals surface area contributed by atoms with Crippen LogP contribution < -0.4 is 9.62 Å². The van der Waals surface area contributed by atoms with Gasteiger partial charge < -0.3 is 5.32 Å². The zero-order chi connectivity index (χ0) is 20.4. The standard InChI is InChI=1S/C19H22ClFN2O3S/c1-5-18(19(24)22-14-9-12(2)8-13(3)10-14)23(27(4,25)26)15-6-7-17(21)16(20)11-15/h6-11,18H,5H2,1-4H3,(H,22,24)/t18-/m0/s1. The van der Waals surface area contributed by atoms with Crippen LogP contribution in [0.5, 0.6) is 0 Å². The zero-order valence-electron chi connectivity index (χ0n) is 15.6. The molecule has 5 nitrogen and oxygen atoms in total. The minimum Gasteiger partial charge on any atom is -0.324 e. The van der Waals surface area contributed by atoms with Crippen molar-refractivity contribution in [3.63, 3.8) is 0 Å². The molecule has 0 bridgehead atoms. The van der Waals surface area contributed by atoms with Crippen LogP contribution in [0.2, 0.25) is 5.02 Å². The SMILES string of the molecule is CC[C@@H](C(=O)Nc1cc(C)cc(C)c1)N(c1ccc(F)c(Cl)c1)S(C)(=O)=O. The molecule has 0 spiro atoms. The Balaban J connectivity index is 2.42. The summed E-state index contributed by atoms with van der Waals surface area (Å²) < 4.78 is 39.3. The molecular weight excluding hydrogens is 391 g/mol. The summed E-state index contributed by atoms with van der Waals surface area (Å²) in [7, 11) is -3.82. The third kappa shape index (κ3) is 5.20. The fourth-order valence-corrected chi connectivity index (χ4v) is 4.33. The molecule has 2 aromatic rings. The first-order valence-corrected chi connectivity index (χ1v) is 10.6. The maximum absolute atomic E-state index is 13.5. The zero-order valence-corrected chi connectivity index (χ0v) is 17.2. The minimum atomic E-state index is -3.82. The summed E-state index contributed by atoms with van der Waals surface area (Å²) >= 11 is 5.80. The molecule has 0 fully saturated rings. The van der Waals surface area contributed by atoms with Gasteiger partial charge in [0.05, 0.1) is 17.0 Å². The lowest BCUT2D eigenvalue weighted by atomic mass is 10.1. The van der Waals surface area contributed by atoms with E-state index in [2.05, 4.69) is 5.32 Å². The number of hydrogen-bond donors (Lipinski definition) is 1. The van der Waals surface area contributed by atoms with Crippen LogP contribution in [-0.2, 0) is 14.8 Å². The molecule has 1 amide bonds. The van der Waals surface area contributed by atoms with Gasteiger partial charge in [-0.05, 0) is 61.7 Å². The van der Waals surface area contributed by atoms with Gasteiger partial charge in [0.25, 0.3) is 0 Å². The van der Waals surface area contributed by atoms with Gasteiger partial charge in [-0.2, -0.15) is 0 Å². The molecule has 0 heterocycles. The number of sulfonamides is 1. The number of halogens is 2. The van der Waals surface area contributed by atoms with E-state index >= 15 is 0 Å².